The molecule has 0 aliphatic heterocycles. The van der Waals surface area contributed by atoms with Crippen molar-refractivity contribution in [3.63, 3.8) is 0 Å². The number of hydrogen-bond acceptors (Lipinski definition) is 2. The molecule has 0 unspecified atom stereocenters. The van der Waals surface area contributed by atoms with Gasteiger partial charge in [-0.1, -0.05) is 38.1 Å². The summed E-state index contributed by atoms with van der Waals surface area (Å²) in [4.78, 5) is 11.8. The lowest BCUT2D eigenvalue weighted by Crippen LogP contribution is -2.32. The van der Waals surface area contributed by atoms with E-state index in [1.165, 1.54) is 5.56 Å². The Morgan fingerprint density at radius 2 is 1.87 bits per heavy atom. The molecule has 0 heterocycles. The third-order valence-electron chi connectivity index (χ3n) is 3.48. The molecular formula is C19H24N2O2. The van der Waals surface area contributed by atoms with Crippen LogP contribution in [0, 0.1) is 6.92 Å². The Morgan fingerprint density at radius 1 is 1.13 bits per heavy atom. The second kappa shape index (κ2) is 8.22. The van der Waals surface area contributed by atoms with E-state index in [4.69, 9.17) is 4.74 Å². The van der Waals surface area contributed by atoms with Crippen molar-refractivity contribution in [3.8, 4) is 5.75 Å². The van der Waals surface area contributed by atoms with Crippen LogP contribution in [0.3, 0.4) is 0 Å². The van der Waals surface area contributed by atoms with E-state index in [9.17, 15) is 4.79 Å². The Labute approximate surface area is 137 Å². The molecule has 0 saturated heterocycles. The normalized spacial score (nSPS) is 10.4. The zero-order chi connectivity index (χ0) is 16.7. The predicted octanol–water partition coefficient (Wildman–Crippen LogP) is 4.32. The van der Waals surface area contributed by atoms with Gasteiger partial charge in [-0.05, 0) is 48.2 Å². The molecule has 0 aliphatic rings. The van der Waals surface area contributed by atoms with Crippen molar-refractivity contribution in [1.29, 1.82) is 0 Å². The summed E-state index contributed by atoms with van der Waals surface area (Å²) >= 11 is 0. The van der Waals surface area contributed by atoms with Gasteiger partial charge in [-0.2, -0.15) is 0 Å². The first-order chi connectivity index (χ1) is 11.0. The quantitative estimate of drug-likeness (QED) is 0.781. The van der Waals surface area contributed by atoms with E-state index in [-0.39, 0.29) is 6.03 Å². The number of rotatable bonds is 6. The van der Waals surface area contributed by atoms with Crippen molar-refractivity contribution in [1.82, 2.24) is 5.32 Å². The monoisotopic (exact) mass is 312 g/mol. The predicted molar refractivity (Wildman–Crippen MR) is 94.2 cm³/mol. The lowest BCUT2D eigenvalue weighted by Gasteiger charge is -2.10. The van der Waals surface area contributed by atoms with Crippen LogP contribution in [-0.2, 0) is 0 Å². The summed E-state index contributed by atoms with van der Waals surface area (Å²) in [5.41, 5.74) is 3.19. The van der Waals surface area contributed by atoms with Crippen molar-refractivity contribution < 1.29 is 9.53 Å². The lowest BCUT2D eigenvalue weighted by molar-refractivity contribution is 0.247. The zero-order valence-corrected chi connectivity index (χ0v) is 13.9. The Bertz CT molecular complexity index is 636. The van der Waals surface area contributed by atoms with Gasteiger partial charge in [-0.3, -0.25) is 0 Å². The van der Waals surface area contributed by atoms with E-state index < -0.39 is 0 Å². The number of aryl methyl sites for hydroxylation is 1. The summed E-state index contributed by atoms with van der Waals surface area (Å²) < 4.78 is 5.59. The largest absolute Gasteiger partial charge is 0.492 e. The van der Waals surface area contributed by atoms with Gasteiger partial charge in [0.25, 0.3) is 0 Å². The molecule has 23 heavy (non-hydrogen) atoms. The summed E-state index contributed by atoms with van der Waals surface area (Å²) in [5.74, 6) is 1.30. The average molecular weight is 312 g/mol. The first-order valence-electron chi connectivity index (χ1n) is 7.89. The average Bonchev–Trinajstić information content (AvgIpc) is 2.52. The molecule has 0 aromatic heterocycles. The van der Waals surface area contributed by atoms with E-state index in [1.807, 2.05) is 55.5 Å². The third kappa shape index (κ3) is 5.66. The van der Waals surface area contributed by atoms with Gasteiger partial charge in [-0.15, -0.1) is 0 Å². The van der Waals surface area contributed by atoms with Gasteiger partial charge < -0.3 is 15.4 Å². The minimum atomic E-state index is -0.227. The summed E-state index contributed by atoms with van der Waals surface area (Å²) in [6, 6.07) is 15.5. The Hall–Kier alpha value is -2.49. The van der Waals surface area contributed by atoms with Crippen LogP contribution in [0.2, 0.25) is 0 Å². The molecule has 0 saturated carbocycles. The molecule has 2 amide bonds. The van der Waals surface area contributed by atoms with Crippen LogP contribution in [0.5, 0.6) is 5.75 Å². The van der Waals surface area contributed by atoms with Crippen molar-refractivity contribution in [2.45, 2.75) is 26.7 Å². The fourth-order valence-corrected chi connectivity index (χ4v) is 2.17. The summed E-state index contributed by atoms with van der Waals surface area (Å²) in [6.07, 6.45) is 0. The fraction of sp³-hybridized carbons (Fsp3) is 0.316. The number of amides is 2. The van der Waals surface area contributed by atoms with Gasteiger partial charge in [0.15, 0.2) is 0 Å². The first kappa shape index (κ1) is 16.9. The molecule has 4 nitrogen and oxygen atoms in total. The number of benzene rings is 2. The summed E-state index contributed by atoms with van der Waals surface area (Å²) in [6.45, 7) is 7.18. The maximum absolute atomic E-state index is 11.8. The van der Waals surface area contributed by atoms with Crippen LogP contribution >= 0.6 is 0 Å². The van der Waals surface area contributed by atoms with E-state index in [1.54, 1.807) is 0 Å². The molecule has 0 atom stereocenters. The maximum atomic E-state index is 11.8. The zero-order valence-electron chi connectivity index (χ0n) is 13.9. The number of ether oxygens (including phenoxy) is 1. The Balaban J connectivity index is 1.70. The van der Waals surface area contributed by atoms with E-state index in [0.717, 1.165) is 17.0 Å². The second-order valence-corrected chi connectivity index (χ2v) is 5.82. The molecule has 122 valence electrons. The number of hydrogen-bond donors (Lipinski definition) is 2. The smallest absolute Gasteiger partial charge is 0.319 e. The van der Waals surface area contributed by atoms with E-state index >= 15 is 0 Å². The molecule has 0 aliphatic carbocycles. The highest BCUT2D eigenvalue weighted by Crippen LogP contribution is 2.17. The van der Waals surface area contributed by atoms with Crippen LogP contribution in [-0.4, -0.2) is 19.2 Å². The van der Waals surface area contributed by atoms with Crippen molar-refractivity contribution in [2.75, 3.05) is 18.5 Å². The standard InChI is InChI=1S/C19H24N2O2/c1-14(2)16-7-9-17(10-8-16)21-19(22)20-11-12-23-18-6-4-5-15(3)13-18/h4-10,13-14H,11-12H2,1-3H3,(H2,20,21,22). The number of nitrogens with one attached hydrogen (secondary N) is 2. The van der Waals surface area contributed by atoms with Crippen LogP contribution in [0.15, 0.2) is 48.5 Å². The number of carbonyl (C=O) groups is 1. The lowest BCUT2D eigenvalue weighted by atomic mass is 10.0. The van der Waals surface area contributed by atoms with Gasteiger partial charge in [0, 0.05) is 5.69 Å². The maximum Gasteiger partial charge on any atom is 0.319 e. The van der Waals surface area contributed by atoms with Crippen molar-refractivity contribution in [2.24, 2.45) is 0 Å². The summed E-state index contributed by atoms with van der Waals surface area (Å²) in [5, 5.41) is 5.59. The van der Waals surface area contributed by atoms with Gasteiger partial charge in [0.2, 0.25) is 0 Å². The molecule has 2 rings (SSSR count). The molecule has 0 bridgehead atoms. The highest BCUT2D eigenvalue weighted by Gasteiger charge is 2.03. The minimum Gasteiger partial charge on any atom is -0.492 e. The Kier molecular flexibility index (Phi) is 6.03. The van der Waals surface area contributed by atoms with E-state index in [2.05, 4.69) is 24.5 Å². The SMILES string of the molecule is Cc1cccc(OCCNC(=O)Nc2ccc(C(C)C)cc2)c1. The highest BCUT2D eigenvalue weighted by molar-refractivity contribution is 5.89. The first-order valence-corrected chi connectivity index (χ1v) is 7.89. The Morgan fingerprint density at radius 3 is 2.52 bits per heavy atom. The van der Waals surface area contributed by atoms with Crippen LogP contribution in [0.1, 0.15) is 30.9 Å². The molecule has 2 aromatic rings. The second-order valence-electron chi connectivity index (χ2n) is 5.82. The van der Waals surface area contributed by atoms with Gasteiger partial charge in [0.05, 0.1) is 6.54 Å². The van der Waals surface area contributed by atoms with Crippen molar-refractivity contribution in [3.05, 3.63) is 59.7 Å². The number of anilines is 1. The highest BCUT2D eigenvalue weighted by atomic mass is 16.5. The van der Waals surface area contributed by atoms with Gasteiger partial charge in [-0.25, -0.2) is 4.79 Å². The fourth-order valence-electron chi connectivity index (χ4n) is 2.17. The molecule has 0 radical (unpaired) electrons. The van der Waals surface area contributed by atoms with E-state index in [0.29, 0.717) is 19.1 Å². The molecule has 0 spiro atoms. The molecular weight excluding hydrogens is 288 g/mol. The minimum absolute atomic E-state index is 0.227. The van der Waals surface area contributed by atoms with Gasteiger partial charge in [0.1, 0.15) is 12.4 Å². The van der Waals surface area contributed by atoms with Crippen LogP contribution in [0.25, 0.3) is 0 Å². The topological polar surface area (TPSA) is 50.4 Å². The van der Waals surface area contributed by atoms with Crippen LogP contribution in [0.4, 0.5) is 10.5 Å². The summed E-state index contributed by atoms with van der Waals surface area (Å²) in [7, 11) is 0. The molecule has 4 heteroatoms. The number of carbonyl (C=O) groups excluding carboxylic acids is 1. The van der Waals surface area contributed by atoms with Crippen molar-refractivity contribution >= 4 is 11.7 Å². The molecule has 2 N–H and O–H groups in total. The molecule has 0 fully saturated rings. The third-order valence-corrected chi connectivity index (χ3v) is 3.48. The molecule has 2 aromatic carbocycles. The number of urea groups is 1. The van der Waals surface area contributed by atoms with Crippen LogP contribution < -0.4 is 15.4 Å². The van der Waals surface area contributed by atoms with Gasteiger partial charge >= 0.3 is 6.03 Å².